The molecule has 1 aliphatic rings. The predicted octanol–water partition coefficient (Wildman–Crippen LogP) is 1.47. The molecule has 0 aliphatic carbocycles. The van der Waals surface area contributed by atoms with Crippen molar-refractivity contribution in [3.8, 4) is 0 Å². The molecule has 1 aliphatic heterocycles. The van der Waals surface area contributed by atoms with E-state index in [-0.39, 0.29) is 6.10 Å². The van der Waals surface area contributed by atoms with E-state index >= 15 is 0 Å². The molecule has 0 aromatic carbocycles. The Morgan fingerprint density at radius 2 is 1.94 bits per heavy atom. The van der Waals surface area contributed by atoms with E-state index in [0.29, 0.717) is 6.04 Å². The van der Waals surface area contributed by atoms with E-state index < -0.39 is 0 Å². The maximum Gasteiger partial charge on any atom is 0.0664 e. The normalized spacial score (nSPS) is 21.6. The van der Waals surface area contributed by atoms with E-state index in [2.05, 4.69) is 24.1 Å². The number of likely N-dealkylation sites (tertiary alicyclic amines) is 1. The maximum absolute atomic E-state index is 9.60. The van der Waals surface area contributed by atoms with E-state index in [0.717, 1.165) is 38.5 Å². The van der Waals surface area contributed by atoms with Gasteiger partial charge in [-0.1, -0.05) is 20.8 Å². The molecule has 1 heterocycles. The van der Waals surface area contributed by atoms with Gasteiger partial charge in [-0.3, -0.25) is 0 Å². The smallest absolute Gasteiger partial charge is 0.0664 e. The molecule has 1 fully saturated rings. The van der Waals surface area contributed by atoms with Gasteiger partial charge in [0.15, 0.2) is 0 Å². The summed E-state index contributed by atoms with van der Waals surface area (Å²) in [4.78, 5) is 2.40. The maximum atomic E-state index is 9.60. The van der Waals surface area contributed by atoms with E-state index in [1.807, 2.05) is 6.92 Å². The highest BCUT2D eigenvalue weighted by molar-refractivity contribution is 4.75. The number of hydrogen-bond acceptors (Lipinski definition) is 3. The van der Waals surface area contributed by atoms with Crippen molar-refractivity contribution in [3.63, 3.8) is 0 Å². The van der Waals surface area contributed by atoms with Gasteiger partial charge >= 0.3 is 0 Å². The Balaban J connectivity index is 2.13. The quantitative estimate of drug-likeness (QED) is 0.722. The van der Waals surface area contributed by atoms with Crippen LogP contribution in [0.15, 0.2) is 0 Å². The Bertz CT molecular complexity index is 177. The molecule has 0 amide bonds. The van der Waals surface area contributed by atoms with Crippen molar-refractivity contribution in [1.29, 1.82) is 0 Å². The Morgan fingerprint density at radius 3 is 2.44 bits per heavy atom. The number of piperidine rings is 1. The first-order valence-electron chi connectivity index (χ1n) is 6.75. The van der Waals surface area contributed by atoms with Crippen LogP contribution in [0.5, 0.6) is 0 Å². The van der Waals surface area contributed by atoms with Crippen LogP contribution >= 0.6 is 0 Å². The van der Waals surface area contributed by atoms with Crippen molar-refractivity contribution in [3.05, 3.63) is 0 Å². The van der Waals surface area contributed by atoms with Gasteiger partial charge in [-0.05, 0) is 44.8 Å². The van der Waals surface area contributed by atoms with E-state index in [1.54, 1.807) is 0 Å². The fraction of sp³-hybridized carbons (Fsp3) is 1.00. The van der Waals surface area contributed by atoms with E-state index in [9.17, 15) is 5.11 Å². The third kappa shape index (κ3) is 5.28. The van der Waals surface area contributed by atoms with Crippen LogP contribution in [-0.2, 0) is 0 Å². The zero-order chi connectivity index (χ0) is 12.0. The van der Waals surface area contributed by atoms with Crippen molar-refractivity contribution in [2.75, 3.05) is 26.2 Å². The number of hydrogen-bond donors (Lipinski definition) is 2. The minimum absolute atomic E-state index is 0.134. The molecule has 16 heavy (non-hydrogen) atoms. The molecule has 1 atom stereocenters. The Hall–Kier alpha value is -0.120. The molecule has 0 aromatic heterocycles. The van der Waals surface area contributed by atoms with Gasteiger partial charge in [0.2, 0.25) is 0 Å². The van der Waals surface area contributed by atoms with Crippen molar-refractivity contribution in [2.24, 2.45) is 5.92 Å². The van der Waals surface area contributed by atoms with Crippen molar-refractivity contribution in [2.45, 2.75) is 52.2 Å². The molecular formula is C13H28N2O. The molecule has 0 spiro atoms. The lowest BCUT2D eigenvalue weighted by Crippen LogP contribution is -2.41. The molecule has 3 heteroatoms. The van der Waals surface area contributed by atoms with E-state index in [4.69, 9.17) is 0 Å². The van der Waals surface area contributed by atoms with Crippen LogP contribution in [0, 0.1) is 5.92 Å². The van der Waals surface area contributed by atoms with Crippen LogP contribution in [0.25, 0.3) is 0 Å². The summed E-state index contributed by atoms with van der Waals surface area (Å²) in [5.41, 5.74) is 0. The zero-order valence-corrected chi connectivity index (χ0v) is 11.1. The molecule has 0 aromatic rings. The zero-order valence-electron chi connectivity index (χ0n) is 11.1. The molecule has 2 N–H and O–H groups in total. The first kappa shape index (κ1) is 13.9. The molecule has 3 nitrogen and oxygen atoms in total. The van der Waals surface area contributed by atoms with E-state index in [1.165, 1.54) is 12.8 Å². The molecule has 1 unspecified atom stereocenters. The lowest BCUT2D eigenvalue weighted by Gasteiger charge is -2.33. The summed E-state index contributed by atoms with van der Waals surface area (Å²) in [7, 11) is 0. The second-order valence-corrected chi connectivity index (χ2v) is 5.37. The molecule has 1 rings (SSSR count). The van der Waals surface area contributed by atoms with Gasteiger partial charge in [-0.2, -0.15) is 0 Å². The van der Waals surface area contributed by atoms with Crippen LogP contribution in [0.3, 0.4) is 0 Å². The average Bonchev–Trinajstić information content (AvgIpc) is 2.28. The second-order valence-electron chi connectivity index (χ2n) is 5.37. The largest absolute Gasteiger partial charge is 0.392 e. The summed E-state index contributed by atoms with van der Waals surface area (Å²) in [6.07, 6.45) is 3.28. The highest BCUT2D eigenvalue weighted by atomic mass is 16.3. The van der Waals surface area contributed by atoms with Crippen LogP contribution in [0.4, 0.5) is 0 Å². The SMILES string of the molecule is CCC(O)CN1CCC(CNC(C)C)CC1. The summed E-state index contributed by atoms with van der Waals surface area (Å²) in [5, 5.41) is 13.1. The number of nitrogens with zero attached hydrogens (tertiary/aromatic N) is 1. The summed E-state index contributed by atoms with van der Waals surface area (Å²) in [6.45, 7) is 10.8. The van der Waals surface area contributed by atoms with Crippen LogP contribution in [-0.4, -0.2) is 48.3 Å². The summed E-state index contributed by atoms with van der Waals surface area (Å²) in [5.74, 6) is 0.831. The van der Waals surface area contributed by atoms with Crippen molar-refractivity contribution < 1.29 is 5.11 Å². The van der Waals surface area contributed by atoms with Gasteiger partial charge in [-0.15, -0.1) is 0 Å². The van der Waals surface area contributed by atoms with Gasteiger partial charge in [-0.25, -0.2) is 0 Å². The fourth-order valence-electron chi connectivity index (χ4n) is 2.20. The van der Waals surface area contributed by atoms with Gasteiger partial charge in [0.1, 0.15) is 0 Å². The van der Waals surface area contributed by atoms with Gasteiger partial charge < -0.3 is 15.3 Å². The lowest BCUT2D eigenvalue weighted by atomic mass is 9.96. The summed E-state index contributed by atoms with van der Waals surface area (Å²) >= 11 is 0. The molecule has 0 radical (unpaired) electrons. The highest BCUT2D eigenvalue weighted by Crippen LogP contribution is 2.16. The number of aliphatic hydroxyl groups excluding tert-OH is 1. The third-order valence-corrected chi connectivity index (χ3v) is 3.46. The minimum Gasteiger partial charge on any atom is -0.392 e. The van der Waals surface area contributed by atoms with Crippen LogP contribution in [0.1, 0.15) is 40.0 Å². The third-order valence-electron chi connectivity index (χ3n) is 3.46. The first-order valence-corrected chi connectivity index (χ1v) is 6.75. The molecule has 0 saturated carbocycles. The molecule has 0 bridgehead atoms. The topological polar surface area (TPSA) is 35.5 Å². The number of rotatable bonds is 6. The summed E-state index contributed by atoms with van der Waals surface area (Å²) < 4.78 is 0. The molecule has 96 valence electrons. The summed E-state index contributed by atoms with van der Waals surface area (Å²) in [6, 6.07) is 0.597. The lowest BCUT2D eigenvalue weighted by molar-refractivity contribution is 0.0865. The molecule has 1 saturated heterocycles. The van der Waals surface area contributed by atoms with Gasteiger partial charge in [0.25, 0.3) is 0 Å². The van der Waals surface area contributed by atoms with Gasteiger partial charge in [0.05, 0.1) is 6.10 Å². The van der Waals surface area contributed by atoms with Crippen molar-refractivity contribution in [1.82, 2.24) is 10.2 Å². The second kappa shape index (κ2) is 7.25. The van der Waals surface area contributed by atoms with Crippen LogP contribution in [0.2, 0.25) is 0 Å². The average molecular weight is 228 g/mol. The Morgan fingerprint density at radius 1 is 1.31 bits per heavy atom. The first-order chi connectivity index (χ1) is 7.61. The standard InChI is InChI=1S/C13H28N2O/c1-4-13(16)10-15-7-5-12(6-8-15)9-14-11(2)3/h11-14,16H,4-10H2,1-3H3. The monoisotopic (exact) mass is 228 g/mol. The Labute approximate surface area is 100 Å². The number of aliphatic hydroxyl groups is 1. The van der Waals surface area contributed by atoms with Crippen LogP contribution < -0.4 is 5.32 Å². The minimum atomic E-state index is -0.134. The fourth-order valence-corrected chi connectivity index (χ4v) is 2.20. The Kier molecular flexibility index (Phi) is 6.32. The number of nitrogens with one attached hydrogen (secondary N) is 1. The predicted molar refractivity (Wildman–Crippen MR) is 68.6 cm³/mol. The molecular weight excluding hydrogens is 200 g/mol. The van der Waals surface area contributed by atoms with Gasteiger partial charge in [0, 0.05) is 12.6 Å². The number of β-amino-alcohol motifs (C(OH)–C–C–N with tert-alkyl or cyclic N) is 1. The van der Waals surface area contributed by atoms with Crippen molar-refractivity contribution >= 4 is 0 Å². The highest BCUT2D eigenvalue weighted by Gasteiger charge is 2.20.